The van der Waals surface area contributed by atoms with Crippen molar-refractivity contribution in [2.24, 2.45) is 7.05 Å². The third-order valence-corrected chi connectivity index (χ3v) is 2.34. The summed E-state index contributed by atoms with van der Waals surface area (Å²) in [7, 11) is 2.82. The van der Waals surface area contributed by atoms with Crippen LogP contribution in [0.3, 0.4) is 0 Å². The van der Waals surface area contributed by atoms with Crippen LogP contribution in [0.15, 0.2) is 12.3 Å². The van der Waals surface area contributed by atoms with Gasteiger partial charge in [-0.15, -0.1) is 0 Å². The van der Waals surface area contributed by atoms with Crippen LogP contribution in [0.25, 0.3) is 0 Å². The van der Waals surface area contributed by atoms with Gasteiger partial charge in [-0.3, -0.25) is 4.79 Å². The minimum Gasteiger partial charge on any atom is -0.467 e. The highest BCUT2D eigenvalue weighted by Gasteiger charge is 2.18. The van der Waals surface area contributed by atoms with Gasteiger partial charge >= 0.3 is 5.97 Å². The molecule has 0 saturated carbocycles. The molecule has 0 fully saturated rings. The van der Waals surface area contributed by atoms with Gasteiger partial charge in [-0.1, -0.05) is 11.6 Å². The molecule has 0 saturated heterocycles. The Labute approximate surface area is 103 Å². The van der Waals surface area contributed by atoms with Gasteiger partial charge in [-0.05, 0) is 6.07 Å². The van der Waals surface area contributed by atoms with Crippen LogP contribution >= 0.6 is 11.6 Å². The molecule has 94 valence electrons. The molecule has 0 aliphatic heterocycles. The normalized spacial score (nSPS) is 12.0. The second-order valence-corrected chi connectivity index (χ2v) is 3.84. The van der Waals surface area contributed by atoms with Crippen molar-refractivity contribution in [1.29, 1.82) is 0 Å². The third-order valence-electron chi connectivity index (χ3n) is 2.13. The zero-order valence-corrected chi connectivity index (χ0v) is 10.2. The van der Waals surface area contributed by atoms with Gasteiger partial charge in [-0.2, -0.15) is 0 Å². The maximum atomic E-state index is 11.6. The minimum absolute atomic E-state index is 0.214. The molecular weight excluding hydrogens is 248 g/mol. The van der Waals surface area contributed by atoms with Crippen LogP contribution in [-0.4, -0.2) is 41.3 Å². The van der Waals surface area contributed by atoms with E-state index in [1.54, 1.807) is 17.8 Å². The molecule has 2 N–H and O–H groups in total. The number of aliphatic hydroxyl groups is 1. The van der Waals surface area contributed by atoms with Crippen LogP contribution in [0.4, 0.5) is 0 Å². The highest BCUT2D eigenvalue weighted by molar-refractivity contribution is 6.31. The summed E-state index contributed by atoms with van der Waals surface area (Å²) in [5, 5.41) is 12.1. The van der Waals surface area contributed by atoms with Crippen LogP contribution in [0.2, 0.25) is 5.02 Å². The van der Waals surface area contributed by atoms with Gasteiger partial charge in [0.1, 0.15) is 5.69 Å². The Balaban J connectivity index is 2.56. The Hall–Kier alpha value is -1.53. The highest BCUT2D eigenvalue weighted by atomic mass is 35.5. The Morgan fingerprint density at radius 2 is 2.29 bits per heavy atom. The number of carbonyl (C=O) groups excluding carboxylic acids is 2. The summed E-state index contributed by atoms with van der Waals surface area (Å²) in [6.45, 7) is -0.214. The molecule has 7 heteroatoms. The Morgan fingerprint density at radius 1 is 1.65 bits per heavy atom. The van der Waals surface area contributed by atoms with Crippen molar-refractivity contribution in [2.45, 2.75) is 6.10 Å². The molecule has 6 nitrogen and oxygen atoms in total. The maximum Gasteiger partial charge on any atom is 0.336 e. The lowest BCUT2D eigenvalue weighted by molar-refractivity contribution is -0.149. The third kappa shape index (κ3) is 3.47. The average molecular weight is 261 g/mol. The molecule has 0 aromatic carbocycles. The van der Waals surface area contributed by atoms with E-state index in [-0.39, 0.29) is 6.54 Å². The molecule has 0 bridgehead atoms. The number of aryl methyl sites for hydroxylation is 1. The monoisotopic (exact) mass is 260 g/mol. The largest absolute Gasteiger partial charge is 0.467 e. The summed E-state index contributed by atoms with van der Waals surface area (Å²) in [5.41, 5.74) is 0.340. The molecule has 1 heterocycles. The number of halogens is 1. The number of esters is 1. The molecule has 0 aliphatic rings. The summed E-state index contributed by atoms with van der Waals surface area (Å²) in [6.07, 6.45) is 0.201. The number of amides is 1. The van der Waals surface area contributed by atoms with E-state index >= 15 is 0 Å². The molecule has 1 aromatic heterocycles. The van der Waals surface area contributed by atoms with E-state index < -0.39 is 18.0 Å². The van der Waals surface area contributed by atoms with Gasteiger partial charge in [0.25, 0.3) is 5.91 Å². The molecule has 0 radical (unpaired) electrons. The van der Waals surface area contributed by atoms with Crippen LogP contribution in [0.1, 0.15) is 10.5 Å². The number of aromatic nitrogens is 1. The van der Waals surface area contributed by atoms with E-state index in [4.69, 9.17) is 11.6 Å². The van der Waals surface area contributed by atoms with E-state index in [1.165, 1.54) is 6.07 Å². The fourth-order valence-corrected chi connectivity index (χ4v) is 1.50. The predicted octanol–water partition coefficient (Wildman–Crippen LogP) is -0.0578. The second kappa shape index (κ2) is 5.70. The predicted molar refractivity (Wildman–Crippen MR) is 60.8 cm³/mol. The number of ether oxygens (including phenoxy) is 1. The first-order chi connectivity index (χ1) is 7.95. The number of nitrogens with one attached hydrogen (secondary N) is 1. The van der Waals surface area contributed by atoms with E-state index in [0.29, 0.717) is 10.7 Å². The number of aliphatic hydroxyl groups excluding tert-OH is 1. The number of hydrogen-bond donors (Lipinski definition) is 2. The molecule has 1 unspecified atom stereocenters. The van der Waals surface area contributed by atoms with Crippen LogP contribution in [0.5, 0.6) is 0 Å². The van der Waals surface area contributed by atoms with Gasteiger partial charge in [0.05, 0.1) is 18.7 Å². The number of nitrogens with zero attached hydrogens (tertiary/aromatic N) is 1. The highest BCUT2D eigenvalue weighted by Crippen LogP contribution is 2.12. The number of rotatable bonds is 4. The fourth-order valence-electron chi connectivity index (χ4n) is 1.25. The molecule has 1 rings (SSSR count). The topological polar surface area (TPSA) is 80.6 Å². The zero-order valence-electron chi connectivity index (χ0n) is 9.44. The van der Waals surface area contributed by atoms with Crippen molar-refractivity contribution >= 4 is 23.5 Å². The zero-order chi connectivity index (χ0) is 13.0. The van der Waals surface area contributed by atoms with Crippen LogP contribution in [0, 0.1) is 0 Å². The van der Waals surface area contributed by atoms with E-state index in [2.05, 4.69) is 10.1 Å². The molecule has 1 amide bonds. The molecule has 1 aromatic rings. The maximum absolute atomic E-state index is 11.6. The first-order valence-electron chi connectivity index (χ1n) is 4.81. The van der Waals surface area contributed by atoms with Crippen molar-refractivity contribution < 1.29 is 19.4 Å². The Bertz CT molecular complexity index is 430. The summed E-state index contributed by atoms with van der Waals surface area (Å²) in [5.74, 6) is -1.22. The summed E-state index contributed by atoms with van der Waals surface area (Å²) in [4.78, 5) is 22.5. The molecule has 0 aliphatic carbocycles. The molecule has 17 heavy (non-hydrogen) atoms. The fraction of sp³-hybridized carbons (Fsp3) is 0.400. The van der Waals surface area contributed by atoms with Gasteiger partial charge in [0.2, 0.25) is 0 Å². The molecule has 0 spiro atoms. The Kier molecular flexibility index (Phi) is 4.53. The van der Waals surface area contributed by atoms with Gasteiger partial charge in [0.15, 0.2) is 6.10 Å². The first kappa shape index (κ1) is 13.5. The van der Waals surface area contributed by atoms with Crippen molar-refractivity contribution in [3.05, 3.63) is 23.0 Å². The molecule has 1 atom stereocenters. The van der Waals surface area contributed by atoms with Crippen molar-refractivity contribution in [2.75, 3.05) is 13.7 Å². The SMILES string of the molecule is COC(=O)C(O)CNC(=O)c1cc(Cl)cn1C. The van der Waals surface area contributed by atoms with Crippen LogP contribution < -0.4 is 5.32 Å². The molecular formula is C10H13ClN2O4. The number of carbonyl (C=O) groups is 2. The van der Waals surface area contributed by atoms with Gasteiger partial charge < -0.3 is 19.7 Å². The van der Waals surface area contributed by atoms with Gasteiger partial charge in [0, 0.05) is 13.2 Å². The van der Waals surface area contributed by atoms with Crippen molar-refractivity contribution in [1.82, 2.24) is 9.88 Å². The lowest BCUT2D eigenvalue weighted by Gasteiger charge is -2.09. The summed E-state index contributed by atoms with van der Waals surface area (Å²) in [6, 6.07) is 1.49. The first-order valence-corrected chi connectivity index (χ1v) is 5.19. The smallest absolute Gasteiger partial charge is 0.336 e. The standard InChI is InChI=1S/C10H13ClN2O4/c1-13-5-6(11)3-7(13)9(15)12-4-8(14)10(16)17-2/h3,5,8,14H,4H2,1-2H3,(H,12,15). The van der Waals surface area contributed by atoms with E-state index in [1.807, 2.05) is 0 Å². The van der Waals surface area contributed by atoms with Crippen molar-refractivity contribution in [3.8, 4) is 0 Å². The summed E-state index contributed by atoms with van der Waals surface area (Å²) < 4.78 is 5.86. The lowest BCUT2D eigenvalue weighted by atomic mass is 10.3. The van der Waals surface area contributed by atoms with Crippen molar-refractivity contribution in [3.63, 3.8) is 0 Å². The quantitative estimate of drug-likeness (QED) is 0.744. The summed E-state index contributed by atoms with van der Waals surface area (Å²) >= 11 is 5.72. The van der Waals surface area contributed by atoms with Crippen LogP contribution in [-0.2, 0) is 16.6 Å². The van der Waals surface area contributed by atoms with E-state index in [0.717, 1.165) is 7.11 Å². The lowest BCUT2D eigenvalue weighted by Crippen LogP contribution is -2.37. The number of hydrogen-bond acceptors (Lipinski definition) is 4. The number of methoxy groups -OCH3 is 1. The average Bonchev–Trinajstić information content (AvgIpc) is 2.63. The van der Waals surface area contributed by atoms with E-state index in [9.17, 15) is 14.7 Å². The second-order valence-electron chi connectivity index (χ2n) is 3.40. The van der Waals surface area contributed by atoms with Gasteiger partial charge in [-0.25, -0.2) is 4.79 Å². The Morgan fingerprint density at radius 3 is 2.76 bits per heavy atom. The minimum atomic E-state index is -1.38.